The van der Waals surface area contributed by atoms with Crippen molar-refractivity contribution in [3.8, 4) is 5.75 Å². The highest BCUT2D eigenvalue weighted by molar-refractivity contribution is 6.52. The van der Waals surface area contributed by atoms with Crippen LogP contribution in [0.15, 0.2) is 59.6 Å². The van der Waals surface area contributed by atoms with Crippen molar-refractivity contribution in [3.63, 3.8) is 0 Å². The van der Waals surface area contributed by atoms with Gasteiger partial charge in [-0.2, -0.15) is 0 Å². The van der Waals surface area contributed by atoms with Crippen LogP contribution in [0.5, 0.6) is 5.75 Å². The van der Waals surface area contributed by atoms with Crippen LogP contribution in [0.2, 0.25) is 0 Å². The van der Waals surface area contributed by atoms with E-state index in [2.05, 4.69) is 4.99 Å². The number of hydrogen-bond donors (Lipinski definition) is 0. The largest absolute Gasteiger partial charge is 0.496 e. The third-order valence-corrected chi connectivity index (χ3v) is 3.46. The molecule has 0 fully saturated rings. The highest BCUT2D eigenvalue weighted by Gasteiger charge is 2.18. The first-order chi connectivity index (χ1) is 10.3. The maximum Gasteiger partial charge on any atom is 0.204 e. The lowest BCUT2D eigenvalue weighted by Gasteiger charge is -2.12. The number of rotatable bonds is 3. The zero-order valence-corrected chi connectivity index (χ0v) is 11.7. The minimum atomic E-state index is -0.0522. The predicted molar refractivity (Wildman–Crippen MR) is 83.7 cm³/mol. The molecule has 0 radical (unpaired) electrons. The summed E-state index contributed by atoms with van der Waals surface area (Å²) in [5, 5.41) is 0. The molecular weight excluding hydrogens is 262 g/mol. The maximum absolute atomic E-state index is 12.1. The Bertz CT molecular complexity index is 744. The Morgan fingerprint density at radius 1 is 1.00 bits per heavy atom. The van der Waals surface area contributed by atoms with E-state index in [1.807, 2.05) is 54.6 Å². The smallest absolute Gasteiger partial charge is 0.204 e. The fraction of sp³-hybridized carbons (Fsp3) is 0.111. The standard InChI is InChI=1S/C18H15NO2/c1-21-17-9-5-3-7-14(17)12-19-18-15-8-4-2-6-13(15)10-11-16(18)20/h2-11H,12H2,1H3. The molecule has 1 aliphatic carbocycles. The van der Waals surface area contributed by atoms with Gasteiger partial charge in [-0.25, -0.2) is 0 Å². The van der Waals surface area contributed by atoms with Crippen molar-refractivity contribution in [2.24, 2.45) is 4.99 Å². The van der Waals surface area contributed by atoms with Gasteiger partial charge >= 0.3 is 0 Å². The van der Waals surface area contributed by atoms with E-state index >= 15 is 0 Å². The minimum absolute atomic E-state index is 0.0522. The average Bonchev–Trinajstić information content (AvgIpc) is 2.54. The van der Waals surface area contributed by atoms with Crippen LogP contribution in [0, 0.1) is 0 Å². The molecule has 0 heterocycles. The number of allylic oxidation sites excluding steroid dienone is 1. The van der Waals surface area contributed by atoms with E-state index in [1.165, 1.54) is 0 Å². The van der Waals surface area contributed by atoms with Crippen molar-refractivity contribution in [1.82, 2.24) is 0 Å². The second kappa shape index (κ2) is 5.75. The number of methoxy groups -OCH3 is 1. The molecule has 0 saturated heterocycles. The number of ketones is 1. The quantitative estimate of drug-likeness (QED) is 0.863. The summed E-state index contributed by atoms with van der Waals surface area (Å²) in [4.78, 5) is 16.6. The summed E-state index contributed by atoms with van der Waals surface area (Å²) < 4.78 is 5.31. The lowest BCUT2D eigenvalue weighted by Crippen LogP contribution is -2.17. The van der Waals surface area contributed by atoms with E-state index in [0.29, 0.717) is 12.3 Å². The van der Waals surface area contributed by atoms with E-state index < -0.39 is 0 Å². The molecule has 3 nitrogen and oxygen atoms in total. The molecule has 0 spiro atoms. The molecule has 0 bridgehead atoms. The Morgan fingerprint density at radius 2 is 1.76 bits per heavy atom. The van der Waals surface area contributed by atoms with Crippen LogP contribution in [0.1, 0.15) is 16.7 Å². The zero-order valence-electron chi connectivity index (χ0n) is 11.7. The topological polar surface area (TPSA) is 38.7 Å². The number of nitrogens with zero attached hydrogens (tertiary/aromatic N) is 1. The first-order valence-electron chi connectivity index (χ1n) is 6.78. The average molecular weight is 277 g/mol. The number of aliphatic imine (C=N–C) groups is 1. The van der Waals surface area contributed by atoms with Crippen molar-refractivity contribution in [2.45, 2.75) is 6.54 Å². The van der Waals surface area contributed by atoms with Crippen molar-refractivity contribution in [2.75, 3.05) is 7.11 Å². The molecule has 0 aromatic heterocycles. The van der Waals surface area contributed by atoms with E-state index in [4.69, 9.17) is 4.74 Å². The second-order valence-corrected chi connectivity index (χ2v) is 4.76. The Kier molecular flexibility index (Phi) is 3.65. The fourth-order valence-corrected chi connectivity index (χ4v) is 2.40. The summed E-state index contributed by atoms with van der Waals surface area (Å²) in [5.74, 6) is 0.734. The van der Waals surface area contributed by atoms with E-state index in [-0.39, 0.29) is 5.78 Å². The van der Waals surface area contributed by atoms with Crippen LogP contribution < -0.4 is 4.74 Å². The van der Waals surface area contributed by atoms with E-state index in [0.717, 1.165) is 22.4 Å². The number of fused-ring (bicyclic) bond motifs is 1. The van der Waals surface area contributed by atoms with Gasteiger partial charge in [0, 0.05) is 11.1 Å². The van der Waals surface area contributed by atoms with Gasteiger partial charge in [-0.15, -0.1) is 0 Å². The molecule has 0 unspecified atom stereocenters. The van der Waals surface area contributed by atoms with Gasteiger partial charge in [-0.1, -0.05) is 48.5 Å². The van der Waals surface area contributed by atoms with Crippen LogP contribution >= 0.6 is 0 Å². The van der Waals surface area contributed by atoms with E-state index in [9.17, 15) is 4.79 Å². The normalized spacial score (nSPS) is 15.1. The molecule has 104 valence electrons. The van der Waals surface area contributed by atoms with Crippen molar-refractivity contribution < 1.29 is 9.53 Å². The summed E-state index contributed by atoms with van der Waals surface area (Å²) in [6, 6.07) is 15.5. The van der Waals surface area contributed by atoms with Gasteiger partial charge in [-0.05, 0) is 17.7 Å². The SMILES string of the molecule is COc1ccccc1CN=C1C(=O)C=Cc2ccccc21. The number of para-hydroxylation sites is 1. The highest BCUT2D eigenvalue weighted by atomic mass is 16.5. The van der Waals surface area contributed by atoms with Crippen LogP contribution in [0.4, 0.5) is 0 Å². The fourth-order valence-electron chi connectivity index (χ4n) is 2.40. The molecule has 2 aromatic carbocycles. The van der Waals surface area contributed by atoms with Crippen LogP contribution in [-0.4, -0.2) is 18.6 Å². The summed E-state index contributed by atoms with van der Waals surface area (Å²) >= 11 is 0. The van der Waals surface area contributed by atoms with Gasteiger partial charge < -0.3 is 4.74 Å². The van der Waals surface area contributed by atoms with Crippen molar-refractivity contribution in [1.29, 1.82) is 0 Å². The molecule has 1 aliphatic rings. The predicted octanol–water partition coefficient (Wildman–Crippen LogP) is 3.28. The minimum Gasteiger partial charge on any atom is -0.496 e. The monoisotopic (exact) mass is 277 g/mol. The molecule has 21 heavy (non-hydrogen) atoms. The zero-order chi connectivity index (χ0) is 14.7. The Hall–Kier alpha value is -2.68. The van der Waals surface area contributed by atoms with Crippen LogP contribution in [0.25, 0.3) is 6.08 Å². The third kappa shape index (κ3) is 2.63. The van der Waals surface area contributed by atoms with Gasteiger partial charge in [0.25, 0.3) is 0 Å². The number of ether oxygens (including phenoxy) is 1. The Balaban J connectivity index is 1.96. The Labute approximate surface area is 123 Å². The lowest BCUT2D eigenvalue weighted by atomic mass is 9.94. The molecular formula is C18H15NO2. The molecule has 0 amide bonds. The third-order valence-electron chi connectivity index (χ3n) is 3.46. The number of hydrogen-bond acceptors (Lipinski definition) is 3. The molecule has 0 atom stereocenters. The van der Waals surface area contributed by atoms with Gasteiger partial charge in [0.05, 0.1) is 13.7 Å². The molecule has 0 N–H and O–H groups in total. The van der Waals surface area contributed by atoms with Crippen molar-refractivity contribution in [3.05, 3.63) is 71.3 Å². The number of benzene rings is 2. The molecule has 2 aromatic rings. The van der Waals surface area contributed by atoms with Gasteiger partial charge in [-0.3, -0.25) is 9.79 Å². The molecule has 3 heteroatoms. The maximum atomic E-state index is 12.1. The molecule has 0 saturated carbocycles. The lowest BCUT2D eigenvalue weighted by molar-refractivity contribution is -0.108. The second-order valence-electron chi connectivity index (χ2n) is 4.76. The van der Waals surface area contributed by atoms with Crippen LogP contribution in [-0.2, 0) is 11.3 Å². The molecule has 3 rings (SSSR count). The van der Waals surface area contributed by atoms with Crippen LogP contribution in [0.3, 0.4) is 0 Å². The van der Waals surface area contributed by atoms with E-state index in [1.54, 1.807) is 13.2 Å². The van der Waals surface area contributed by atoms with Crippen molar-refractivity contribution >= 4 is 17.6 Å². The summed E-state index contributed by atoms with van der Waals surface area (Å²) in [6.45, 7) is 0.424. The number of carbonyl (C=O) groups excluding carboxylic acids is 1. The Morgan fingerprint density at radius 3 is 2.62 bits per heavy atom. The molecule has 0 aliphatic heterocycles. The number of carbonyl (C=O) groups is 1. The summed E-state index contributed by atoms with van der Waals surface area (Å²) in [5.41, 5.74) is 3.39. The van der Waals surface area contributed by atoms with Gasteiger partial charge in [0.15, 0.2) is 0 Å². The first kappa shape index (κ1) is 13.3. The summed E-state index contributed by atoms with van der Waals surface area (Å²) in [6.07, 6.45) is 3.41. The first-order valence-corrected chi connectivity index (χ1v) is 6.78. The van der Waals surface area contributed by atoms with Gasteiger partial charge in [0.2, 0.25) is 5.78 Å². The van der Waals surface area contributed by atoms with Gasteiger partial charge in [0.1, 0.15) is 11.5 Å². The summed E-state index contributed by atoms with van der Waals surface area (Å²) in [7, 11) is 1.63. The highest BCUT2D eigenvalue weighted by Crippen LogP contribution is 2.21.